The van der Waals surface area contributed by atoms with Crippen molar-refractivity contribution in [3.8, 4) is 0 Å². The van der Waals surface area contributed by atoms with Gasteiger partial charge in [-0.2, -0.15) is 0 Å². The van der Waals surface area contributed by atoms with Crippen LogP contribution in [0.2, 0.25) is 0 Å². The van der Waals surface area contributed by atoms with Crippen LogP contribution >= 0.6 is 11.3 Å². The topological polar surface area (TPSA) is 41.1 Å². The molecule has 0 unspecified atom stereocenters. The molecule has 2 aromatic rings. The Hall–Kier alpha value is -1.81. The highest BCUT2D eigenvalue weighted by Gasteiger charge is 2.07. The lowest BCUT2D eigenvalue weighted by Crippen LogP contribution is -2.11. The molecule has 1 heterocycles. The van der Waals surface area contributed by atoms with Crippen LogP contribution in [-0.4, -0.2) is 5.91 Å². The molecule has 1 aromatic carbocycles. The fourth-order valence-corrected chi connectivity index (χ4v) is 2.99. The summed E-state index contributed by atoms with van der Waals surface area (Å²) in [7, 11) is 0. The zero-order valence-electron chi connectivity index (χ0n) is 12.8. The average Bonchev–Trinajstić information content (AvgIpc) is 2.96. The molecule has 3 nitrogen and oxygen atoms in total. The maximum Gasteiger partial charge on any atom is 0.224 e. The molecule has 0 spiro atoms. The van der Waals surface area contributed by atoms with Gasteiger partial charge in [-0.25, -0.2) is 0 Å². The summed E-state index contributed by atoms with van der Waals surface area (Å²) in [5, 5.41) is 6.39. The van der Waals surface area contributed by atoms with Crippen LogP contribution < -0.4 is 10.6 Å². The van der Waals surface area contributed by atoms with E-state index in [-0.39, 0.29) is 5.91 Å². The van der Waals surface area contributed by atoms with Crippen LogP contribution in [0.15, 0.2) is 30.3 Å². The SMILES string of the molecule is CCC(=O)Nc1cccc(NCc2ccc(CC)s2)c1C. The maximum absolute atomic E-state index is 11.5. The number of hydrogen-bond donors (Lipinski definition) is 2. The lowest BCUT2D eigenvalue weighted by Gasteiger charge is -2.13. The van der Waals surface area contributed by atoms with Crippen molar-refractivity contribution in [1.82, 2.24) is 0 Å². The fraction of sp³-hybridized carbons (Fsp3) is 0.353. The minimum absolute atomic E-state index is 0.0427. The van der Waals surface area contributed by atoms with Gasteiger partial charge >= 0.3 is 0 Å². The first-order chi connectivity index (χ1) is 10.1. The summed E-state index contributed by atoms with van der Waals surface area (Å²) in [4.78, 5) is 14.3. The summed E-state index contributed by atoms with van der Waals surface area (Å²) >= 11 is 1.84. The molecule has 2 rings (SSSR count). The van der Waals surface area contributed by atoms with Gasteiger partial charge < -0.3 is 10.6 Å². The predicted molar refractivity (Wildman–Crippen MR) is 91.1 cm³/mol. The second-order valence-corrected chi connectivity index (χ2v) is 6.21. The van der Waals surface area contributed by atoms with Gasteiger partial charge in [0.1, 0.15) is 0 Å². The maximum atomic E-state index is 11.5. The number of benzene rings is 1. The van der Waals surface area contributed by atoms with Crippen molar-refractivity contribution in [1.29, 1.82) is 0 Å². The van der Waals surface area contributed by atoms with Crippen molar-refractivity contribution in [3.05, 3.63) is 45.6 Å². The molecule has 0 atom stereocenters. The Labute approximate surface area is 130 Å². The van der Waals surface area contributed by atoms with Crippen LogP contribution in [0.4, 0.5) is 11.4 Å². The van der Waals surface area contributed by atoms with Gasteiger partial charge in [-0.1, -0.05) is 19.9 Å². The number of hydrogen-bond acceptors (Lipinski definition) is 3. The Morgan fingerprint density at radius 3 is 2.48 bits per heavy atom. The molecule has 4 heteroatoms. The zero-order chi connectivity index (χ0) is 15.2. The Kier molecular flexibility index (Phi) is 5.39. The third kappa shape index (κ3) is 4.08. The van der Waals surface area contributed by atoms with E-state index in [1.54, 1.807) is 0 Å². The molecular weight excluding hydrogens is 280 g/mol. The minimum atomic E-state index is 0.0427. The normalized spacial score (nSPS) is 10.4. The average molecular weight is 302 g/mol. The van der Waals surface area contributed by atoms with Crippen molar-refractivity contribution < 1.29 is 4.79 Å². The van der Waals surface area contributed by atoms with E-state index in [9.17, 15) is 4.79 Å². The van der Waals surface area contributed by atoms with Gasteiger partial charge in [-0.05, 0) is 43.2 Å². The van der Waals surface area contributed by atoms with Crippen LogP contribution in [0.3, 0.4) is 0 Å². The molecule has 0 bridgehead atoms. The van der Waals surface area contributed by atoms with Crippen LogP contribution in [0.1, 0.15) is 35.6 Å². The third-order valence-corrected chi connectivity index (χ3v) is 4.68. The van der Waals surface area contributed by atoms with Gasteiger partial charge in [-0.3, -0.25) is 4.79 Å². The number of carbonyl (C=O) groups is 1. The first-order valence-electron chi connectivity index (χ1n) is 7.35. The first-order valence-corrected chi connectivity index (χ1v) is 8.16. The standard InChI is InChI=1S/C17H22N2OS/c1-4-13-9-10-14(21-13)11-18-15-7-6-8-16(12(15)3)19-17(20)5-2/h6-10,18H,4-5,11H2,1-3H3,(H,19,20). The number of thiophene rings is 1. The van der Waals surface area contributed by atoms with Gasteiger partial charge in [-0.15, -0.1) is 11.3 Å². The van der Waals surface area contributed by atoms with Crippen molar-refractivity contribution in [2.45, 2.75) is 40.2 Å². The summed E-state index contributed by atoms with van der Waals surface area (Å²) in [6.07, 6.45) is 1.58. The van der Waals surface area contributed by atoms with Crippen LogP contribution in [0, 0.1) is 6.92 Å². The molecule has 21 heavy (non-hydrogen) atoms. The number of amides is 1. The Balaban J connectivity index is 2.06. The number of rotatable bonds is 6. The van der Waals surface area contributed by atoms with E-state index in [1.807, 2.05) is 43.4 Å². The summed E-state index contributed by atoms with van der Waals surface area (Å²) < 4.78 is 0. The first kappa shape index (κ1) is 15.6. The van der Waals surface area contributed by atoms with Crippen molar-refractivity contribution in [2.24, 2.45) is 0 Å². The highest BCUT2D eigenvalue weighted by molar-refractivity contribution is 7.12. The number of aryl methyl sites for hydroxylation is 1. The van der Waals surface area contributed by atoms with Gasteiger partial charge in [0.2, 0.25) is 5.91 Å². The Morgan fingerprint density at radius 1 is 1.10 bits per heavy atom. The number of nitrogens with one attached hydrogen (secondary N) is 2. The van der Waals surface area contributed by atoms with E-state index in [1.165, 1.54) is 9.75 Å². The predicted octanol–water partition coefficient (Wildman–Crippen LogP) is 4.58. The molecule has 1 amide bonds. The molecule has 2 N–H and O–H groups in total. The minimum Gasteiger partial charge on any atom is -0.380 e. The van der Waals surface area contributed by atoms with Gasteiger partial charge in [0.25, 0.3) is 0 Å². The van der Waals surface area contributed by atoms with E-state index in [2.05, 4.69) is 29.7 Å². The highest BCUT2D eigenvalue weighted by atomic mass is 32.1. The van der Waals surface area contributed by atoms with Crippen LogP contribution in [-0.2, 0) is 17.8 Å². The lowest BCUT2D eigenvalue weighted by atomic mass is 10.1. The van der Waals surface area contributed by atoms with E-state index in [4.69, 9.17) is 0 Å². The molecule has 0 aliphatic rings. The van der Waals surface area contributed by atoms with Gasteiger partial charge in [0.15, 0.2) is 0 Å². The molecule has 0 aliphatic heterocycles. The molecule has 0 radical (unpaired) electrons. The smallest absolute Gasteiger partial charge is 0.224 e. The number of carbonyl (C=O) groups excluding carboxylic acids is 1. The largest absolute Gasteiger partial charge is 0.380 e. The second kappa shape index (κ2) is 7.27. The fourth-order valence-electron chi connectivity index (χ4n) is 2.09. The summed E-state index contributed by atoms with van der Waals surface area (Å²) in [6.45, 7) is 6.87. The molecule has 0 saturated heterocycles. The molecule has 112 valence electrons. The van der Waals surface area contributed by atoms with Crippen molar-refractivity contribution >= 4 is 28.6 Å². The van der Waals surface area contributed by atoms with Gasteiger partial charge in [0.05, 0.1) is 0 Å². The van der Waals surface area contributed by atoms with Gasteiger partial charge in [0, 0.05) is 34.1 Å². The van der Waals surface area contributed by atoms with E-state index >= 15 is 0 Å². The quantitative estimate of drug-likeness (QED) is 0.820. The molecular formula is C17H22N2OS. The van der Waals surface area contributed by atoms with Crippen molar-refractivity contribution in [3.63, 3.8) is 0 Å². The highest BCUT2D eigenvalue weighted by Crippen LogP contribution is 2.25. The van der Waals surface area contributed by atoms with Crippen LogP contribution in [0.5, 0.6) is 0 Å². The molecule has 0 aliphatic carbocycles. The van der Waals surface area contributed by atoms with E-state index < -0.39 is 0 Å². The molecule has 1 aromatic heterocycles. The summed E-state index contributed by atoms with van der Waals surface area (Å²) in [5.74, 6) is 0.0427. The lowest BCUT2D eigenvalue weighted by molar-refractivity contribution is -0.115. The Morgan fingerprint density at radius 2 is 1.81 bits per heavy atom. The zero-order valence-corrected chi connectivity index (χ0v) is 13.6. The van der Waals surface area contributed by atoms with E-state index in [0.717, 1.165) is 29.9 Å². The molecule has 0 saturated carbocycles. The third-order valence-electron chi connectivity index (χ3n) is 3.45. The number of anilines is 2. The summed E-state index contributed by atoms with van der Waals surface area (Å²) in [5.41, 5.74) is 3.02. The Bertz CT molecular complexity index is 619. The van der Waals surface area contributed by atoms with Crippen molar-refractivity contribution in [2.75, 3.05) is 10.6 Å². The monoisotopic (exact) mass is 302 g/mol. The molecule has 0 fully saturated rings. The van der Waals surface area contributed by atoms with Crippen LogP contribution in [0.25, 0.3) is 0 Å². The summed E-state index contributed by atoms with van der Waals surface area (Å²) in [6, 6.07) is 10.3. The van der Waals surface area contributed by atoms with E-state index in [0.29, 0.717) is 6.42 Å². The second-order valence-electron chi connectivity index (χ2n) is 4.95.